The number of hydrogen-bond donors (Lipinski definition) is 1. The molecular formula is C19H22N2O. The molecule has 0 radical (unpaired) electrons. The molecule has 2 aromatic carbocycles. The van der Waals surface area contributed by atoms with Gasteiger partial charge in [-0.05, 0) is 43.6 Å². The molecule has 0 spiro atoms. The topological polar surface area (TPSA) is 46.3 Å². The van der Waals surface area contributed by atoms with Crippen molar-refractivity contribution in [2.24, 2.45) is 5.73 Å². The highest BCUT2D eigenvalue weighted by Crippen LogP contribution is 2.47. The van der Waals surface area contributed by atoms with Gasteiger partial charge in [0, 0.05) is 6.04 Å². The van der Waals surface area contributed by atoms with E-state index in [1.165, 1.54) is 5.56 Å². The average molecular weight is 294 g/mol. The second-order valence-electron chi connectivity index (χ2n) is 6.24. The summed E-state index contributed by atoms with van der Waals surface area (Å²) in [7, 11) is 4.17. The van der Waals surface area contributed by atoms with Crippen LogP contribution in [0.15, 0.2) is 54.6 Å². The van der Waals surface area contributed by atoms with Gasteiger partial charge in [0.1, 0.15) is 0 Å². The number of rotatable bonds is 3. The van der Waals surface area contributed by atoms with Crippen molar-refractivity contribution in [3.05, 3.63) is 71.3 Å². The molecule has 1 aliphatic rings. The SMILES string of the molecule is CN(C)[C@H]1CC[C@@](C(N)=O)(c2ccccc2)c2ccccc21. The van der Waals surface area contributed by atoms with Gasteiger partial charge in [0.05, 0.1) is 5.41 Å². The minimum absolute atomic E-state index is 0.261. The maximum atomic E-state index is 12.5. The van der Waals surface area contributed by atoms with Gasteiger partial charge in [0.25, 0.3) is 0 Å². The van der Waals surface area contributed by atoms with Crippen LogP contribution in [0.1, 0.15) is 35.6 Å². The molecule has 2 atom stereocenters. The summed E-state index contributed by atoms with van der Waals surface area (Å²) in [6.45, 7) is 0. The Labute approximate surface area is 131 Å². The van der Waals surface area contributed by atoms with E-state index in [2.05, 4.69) is 31.1 Å². The first-order valence-electron chi connectivity index (χ1n) is 7.68. The fourth-order valence-corrected chi connectivity index (χ4v) is 3.78. The number of fused-ring (bicyclic) bond motifs is 1. The Morgan fingerprint density at radius 2 is 1.73 bits per heavy atom. The summed E-state index contributed by atoms with van der Waals surface area (Å²) in [5, 5.41) is 0. The van der Waals surface area contributed by atoms with Crippen molar-refractivity contribution in [3.63, 3.8) is 0 Å². The average Bonchev–Trinajstić information content (AvgIpc) is 2.54. The Morgan fingerprint density at radius 1 is 1.09 bits per heavy atom. The third-order valence-corrected chi connectivity index (χ3v) is 4.88. The van der Waals surface area contributed by atoms with Crippen molar-refractivity contribution < 1.29 is 4.79 Å². The summed E-state index contributed by atoms with van der Waals surface area (Å²) < 4.78 is 0. The van der Waals surface area contributed by atoms with Crippen LogP contribution < -0.4 is 5.73 Å². The molecular weight excluding hydrogens is 272 g/mol. The van der Waals surface area contributed by atoms with E-state index in [4.69, 9.17) is 5.73 Å². The summed E-state index contributed by atoms with van der Waals surface area (Å²) >= 11 is 0. The first kappa shape index (κ1) is 14.8. The highest BCUT2D eigenvalue weighted by molar-refractivity contribution is 5.91. The summed E-state index contributed by atoms with van der Waals surface area (Å²) in [5.41, 5.74) is 8.46. The Hall–Kier alpha value is -2.13. The van der Waals surface area contributed by atoms with Crippen molar-refractivity contribution in [3.8, 4) is 0 Å². The number of benzene rings is 2. The summed E-state index contributed by atoms with van der Waals surface area (Å²) in [6, 6.07) is 18.5. The van der Waals surface area contributed by atoms with Crippen molar-refractivity contribution in [1.82, 2.24) is 4.90 Å². The van der Waals surface area contributed by atoms with Gasteiger partial charge in [-0.1, -0.05) is 54.6 Å². The zero-order valence-corrected chi connectivity index (χ0v) is 13.1. The molecule has 1 amide bonds. The minimum atomic E-state index is -0.718. The van der Waals surface area contributed by atoms with E-state index in [1.54, 1.807) is 0 Å². The maximum Gasteiger partial charge on any atom is 0.232 e. The standard InChI is InChI=1S/C19H22N2O/c1-21(2)17-12-13-19(18(20)22,14-8-4-3-5-9-14)16-11-7-6-10-15(16)17/h3-11,17H,12-13H2,1-2H3,(H2,20,22)/t17-,19+/m0/s1. The molecule has 0 aromatic heterocycles. The fourth-order valence-electron chi connectivity index (χ4n) is 3.78. The number of amides is 1. The van der Waals surface area contributed by atoms with E-state index in [1.807, 2.05) is 42.5 Å². The molecule has 3 heteroatoms. The molecule has 114 valence electrons. The number of primary amides is 1. The van der Waals surface area contributed by atoms with Gasteiger partial charge in [-0.3, -0.25) is 4.79 Å². The molecule has 3 rings (SSSR count). The van der Waals surface area contributed by atoms with Crippen LogP contribution in [0.2, 0.25) is 0 Å². The molecule has 1 aliphatic carbocycles. The summed E-state index contributed by atoms with van der Waals surface area (Å²) in [4.78, 5) is 14.7. The first-order valence-corrected chi connectivity index (χ1v) is 7.68. The number of nitrogens with zero attached hydrogens (tertiary/aromatic N) is 1. The van der Waals surface area contributed by atoms with Crippen LogP contribution in [0.3, 0.4) is 0 Å². The van der Waals surface area contributed by atoms with E-state index in [-0.39, 0.29) is 5.91 Å². The van der Waals surface area contributed by atoms with E-state index in [0.717, 1.165) is 24.0 Å². The highest BCUT2D eigenvalue weighted by Gasteiger charge is 2.46. The molecule has 0 unspecified atom stereocenters. The van der Waals surface area contributed by atoms with E-state index in [9.17, 15) is 4.79 Å². The second-order valence-corrected chi connectivity index (χ2v) is 6.24. The molecule has 0 bridgehead atoms. The maximum absolute atomic E-state index is 12.5. The third kappa shape index (κ3) is 2.13. The number of nitrogens with two attached hydrogens (primary N) is 1. The zero-order valence-electron chi connectivity index (χ0n) is 13.1. The molecule has 0 aliphatic heterocycles. The van der Waals surface area contributed by atoms with Crippen molar-refractivity contribution >= 4 is 5.91 Å². The van der Waals surface area contributed by atoms with Gasteiger partial charge in [0.2, 0.25) is 5.91 Å². The van der Waals surface area contributed by atoms with Gasteiger partial charge in [-0.15, -0.1) is 0 Å². The van der Waals surface area contributed by atoms with E-state index < -0.39 is 5.41 Å². The van der Waals surface area contributed by atoms with Crippen molar-refractivity contribution in [2.45, 2.75) is 24.3 Å². The lowest BCUT2D eigenvalue weighted by Gasteiger charge is -2.42. The molecule has 2 N–H and O–H groups in total. The van der Waals surface area contributed by atoms with Crippen LogP contribution >= 0.6 is 0 Å². The number of hydrogen-bond acceptors (Lipinski definition) is 2. The van der Waals surface area contributed by atoms with Gasteiger partial charge in [0.15, 0.2) is 0 Å². The normalized spacial score (nSPS) is 24.0. The van der Waals surface area contributed by atoms with Gasteiger partial charge in [-0.25, -0.2) is 0 Å². The summed E-state index contributed by atoms with van der Waals surface area (Å²) in [6.07, 6.45) is 1.66. The van der Waals surface area contributed by atoms with Crippen molar-refractivity contribution in [1.29, 1.82) is 0 Å². The van der Waals surface area contributed by atoms with E-state index >= 15 is 0 Å². The number of carbonyl (C=O) groups excluding carboxylic acids is 1. The fraction of sp³-hybridized carbons (Fsp3) is 0.316. The van der Waals surface area contributed by atoms with Crippen LogP contribution in [0.4, 0.5) is 0 Å². The molecule has 3 nitrogen and oxygen atoms in total. The van der Waals surface area contributed by atoms with Gasteiger partial charge < -0.3 is 10.6 Å². The molecule has 0 heterocycles. The molecule has 2 aromatic rings. The molecule has 0 saturated carbocycles. The Kier molecular flexibility index (Phi) is 3.75. The lowest BCUT2D eigenvalue weighted by Crippen LogP contribution is -2.46. The number of carbonyl (C=O) groups is 1. The zero-order chi connectivity index (χ0) is 15.7. The van der Waals surface area contributed by atoms with Crippen LogP contribution in [-0.4, -0.2) is 24.9 Å². The second kappa shape index (κ2) is 5.58. The Morgan fingerprint density at radius 3 is 2.36 bits per heavy atom. The van der Waals surface area contributed by atoms with Crippen LogP contribution in [-0.2, 0) is 10.2 Å². The monoisotopic (exact) mass is 294 g/mol. The predicted octanol–water partition coefficient (Wildman–Crippen LogP) is 2.85. The molecule has 0 fully saturated rings. The Balaban J connectivity index is 2.25. The Bertz CT molecular complexity index is 681. The highest BCUT2D eigenvalue weighted by atomic mass is 16.1. The van der Waals surface area contributed by atoms with Gasteiger partial charge in [-0.2, -0.15) is 0 Å². The van der Waals surface area contributed by atoms with Crippen LogP contribution in [0, 0.1) is 0 Å². The lowest BCUT2D eigenvalue weighted by molar-refractivity contribution is -0.122. The van der Waals surface area contributed by atoms with Crippen LogP contribution in [0.25, 0.3) is 0 Å². The smallest absolute Gasteiger partial charge is 0.232 e. The quantitative estimate of drug-likeness (QED) is 0.946. The molecule has 22 heavy (non-hydrogen) atoms. The van der Waals surface area contributed by atoms with E-state index in [0.29, 0.717) is 6.04 Å². The van der Waals surface area contributed by atoms with Gasteiger partial charge >= 0.3 is 0 Å². The first-order chi connectivity index (χ1) is 10.6. The largest absolute Gasteiger partial charge is 0.369 e. The molecule has 0 saturated heterocycles. The minimum Gasteiger partial charge on any atom is -0.369 e. The third-order valence-electron chi connectivity index (χ3n) is 4.88. The lowest BCUT2D eigenvalue weighted by atomic mass is 9.64. The van der Waals surface area contributed by atoms with Crippen LogP contribution in [0.5, 0.6) is 0 Å². The summed E-state index contributed by atoms with van der Waals surface area (Å²) in [5.74, 6) is -0.261. The predicted molar refractivity (Wildman–Crippen MR) is 88.5 cm³/mol. The van der Waals surface area contributed by atoms with Crippen molar-refractivity contribution in [2.75, 3.05) is 14.1 Å².